The van der Waals surface area contributed by atoms with Crippen LogP contribution in [0.25, 0.3) is 0 Å². The van der Waals surface area contributed by atoms with Crippen molar-refractivity contribution in [2.45, 2.75) is 51.6 Å². The maximum Gasteiger partial charge on any atom is 0.222 e. The molecule has 0 aliphatic heterocycles. The van der Waals surface area contributed by atoms with Gasteiger partial charge >= 0.3 is 0 Å². The lowest BCUT2D eigenvalue weighted by Crippen LogP contribution is -2.14. The first-order valence-corrected chi connectivity index (χ1v) is 6.73. The number of nitrogens with zero attached hydrogens (tertiary/aromatic N) is 2. The van der Waals surface area contributed by atoms with E-state index in [0.717, 1.165) is 24.1 Å². The van der Waals surface area contributed by atoms with E-state index in [4.69, 9.17) is 11.6 Å². The van der Waals surface area contributed by atoms with E-state index in [1.165, 1.54) is 25.7 Å². The topological polar surface area (TPSA) is 46.0 Å². The number of aryl methyl sites for hydroxylation is 1. The van der Waals surface area contributed by atoms with Crippen molar-refractivity contribution in [3.05, 3.63) is 22.7 Å². The summed E-state index contributed by atoms with van der Waals surface area (Å²) in [5.74, 6) is 0.348. The predicted octanol–water partition coefficient (Wildman–Crippen LogP) is 3.44. The Morgan fingerprint density at radius 1 is 1.29 bits per heavy atom. The number of halogens is 1. The van der Waals surface area contributed by atoms with Crippen LogP contribution in [0.15, 0.2) is 6.20 Å². The smallest absolute Gasteiger partial charge is 0.222 e. The number of hydrogen-bond acceptors (Lipinski definition) is 3. The largest absolute Gasteiger partial charge is 0.388 e. The SMILES string of the molecule is Cc1nc(Cl)ncc1C(O)C1CCCCCC1. The monoisotopic (exact) mass is 254 g/mol. The Labute approximate surface area is 107 Å². The molecule has 1 aliphatic rings. The summed E-state index contributed by atoms with van der Waals surface area (Å²) in [6, 6.07) is 0. The highest BCUT2D eigenvalue weighted by atomic mass is 35.5. The van der Waals surface area contributed by atoms with Crippen LogP contribution in [0.1, 0.15) is 55.9 Å². The van der Waals surface area contributed by atoms with Gasteiger partial charge in [0.05, 0.1) is 6.10 Å². The second-order valence-corrected chi connectivity index (χ2v) is 5.21. The average molecular weight is 255 g/mol. The second-order valence-electron chi connectivity index (χ2n) is 4.88. The molecule has 1 unspecified atom stereocenters. The fourth-order valence-corrected chi connectivity index (χ4v) is 2.79. The Bertz CT molecular complexity index is 376. The van der Waals surface area contributed by atoms with Crippen LogP contribution in [0.5, 0.6) is 0 Å². The van der Waals surface area contributed by atoms with Crippen molar-refractivity contribution in [1.29, 1.82) is 0 Å². The number of hydrogen-bond donors (Lipinski definition) is 1. The number of rotatable bonds is 2. The lowest BCUT2D eigenvalue weighted by atomic mass is 9.89. The molecule has 94 valence electrons. The van der Waals surface area contributed by atoms with Gasteiger partial charge in [0.1, 0.15) is 0 Å². The first-order valence-electron chi connectivity index (χ1n) is 6.35. The third kappa shape index (κ3) is 3.17. The molecule has 17 heavy (non-hydrogen) atoms. The molecule has 1 aromatic rings. The Kier molecular flexibility index (Phi) is 4.35. The van der Waals surface area contributed by atoms with Crippen molar-refractivity contribution in [3.63, 3.8) is 0 Å². The van der Waals surface area contributed by atoms with E-state index in [-0.39, 0.29) is 5.28 Å². The number of aliphatic hydroxyl groups excluding tert-OH is 1. The molecule has 0 bridgehead atoms. The molecule has 0 saturated heterocycles. The lowest BCUT2D eigenvalue weighted by Gasteiger charge is -2.22. The number of aliphatic hydroxyl groups is 1. The van der Waals surface area contributed by atoms with Crippen molar-refractivity contribution in [1.82, 2.24) is 9.97 Å². The summed E-state index contributed by atoms with van der Waals surface area (Å²) in [5.41, 5.74) is 1.63. The molecule has 0 aromatic carbocycles. The van der Waals surface area contributed by atoms with Crippen LogP contribution in [0, 0.1) is 12.8 Å². The molecule has 0 amide bonds. The van der Waals surface area contributed by atoms with E-state index in [1.54, 1.807) is 6.20 Å². The quantitative estimate of drug-likeness (QED) is 0.650. The standard InChI is InChI=1S/C13H19ClN2O/c1-9-11(8-15-13(14)16-9)12(17)10-6-4-2-3-5-7-10/h8,10,12,17H,2-7H2,1H3. The van der Waals surface area contributed by atoms with Gasteiger partial charge in [-0.1, -0.05) is 25.7 Å². The first-order chi connectivity index (χ1) is 8.18. The van der Waals surface area contributed by atoms with Crippen molar-refractivity contribution >= 4 is 11.6 Å². The van der Waals surface area contributed by atoms with Gasteiger partial charge in [0, 0.05) is 17.5 Å². The third-order valence-electron chi connectivity index (χ3n) is 3.65. The van der Waals surface area contributed by atoms with Gasteiger partial charge in [0.2, 0.25) is 5.28 Å². The normalized spacial score (nSPS) is 19.9. The van der Waals surface area contributed by atoms with Crippen molar-refractivity contribution in [2.75, 3.05) is 0 Å². The molecule has 1 atom stereocenters. The molecule has 1 N–H and O–H groups in total. The van der Waals surface area contributed by atoms with Gasteiger partial charge in [-0.25, -0.2) is 9.97 Å². The Hall–Kier alpha value is -0.670. The summed E-state index contributed by atoms with van der Waals surface area (Å²) >= 11 is 5.73. The van der Waals surface area contributed by atoms with Crippen molar-refractivity contribution < 1.29 is 5.11 Å². The van der Waals surface area contributed by atoms with Crippen LogP contribution >= 0.6 is 11.6 Å². The van der Waals surface area contributed by atoms with E-state index >= 15 is 0 Å². The zero-order valence-electron chi connectivity index (χ0n) is 10.2. The molecule has 1 saturated carbocycles. The molecule has 4 heteroatoms. The van der Waals surface area contributed by atoms with Crippen LogP contribution in [0.3, 0.4) is 0 Å². The van der Waals surface area contributed by atoms with Gasteiger partial charge in [-0.2, -0.15) is 0 Å². The molecule has 1 fully saturated rings. The Morgan fingerprint density at radius 3 is 2.53 bits per heavy atom. The van der Waals surface area contributed by atoms with Crippen LogP contribution in [-0.2, 0) is 0 Å². The van der Waals surface area contributed by atoms with E-state index in [2.05, 4.69) is 9.97 Å². The minimum absolute atomic E-state index is 0.249. The summed E-state index contributed by atoms with van der Waals surface area (Å²) in [4.78, 5) is 8.08. The molecule has 0 radical (unpaired) electrons. The fourth-order valence-electron chi connectivity index (χ4n) is 2.62. The highest BCUT2D eigenvalue weighted by Crippen LogP contribution is 2.34. The molecular formula is C13H19ClN2O. The van der Waals surface area contributed by atoms with Gasteiger partial charge in [0.15, 0.2) is 0 Å². The van der Waals surface area contributed by atoms with E-state index in [0.29, 0.717) is 5.92 Å². The van der Waals surface area contributed by atoms with Gasteiger partial charge in [-0.3, -0.25) is 0 Å². The van der Waals surface area contributed by atoms with Crippen LogP contribution in [0.2, 0.25) is 5.28 Å². The minimum atomic E-state index is -0.439. The van der Waals surface area contributed by atoms with E-state index in [9.17, 15) is 5.11 Å². The zero-order chi connectivity index (χ0) is 12.3. The maximum absolute atomic E-state index is 10.4. The molecular weight excluding hydrogens is 236 g/mol. The molecule has 1 aromatic heterocycles. The van der Waals surface area contributed by atoms with Gasteiger partial charge in [0.25, 0.3) is 0 Å². The fraction of sp³-hybridized carbons (Fsp3) is 0.692. The first kappa shape index (κ1) is 12.8. The zero-order valence-corrected chi connectivity index (χ0v) is 11.0. The van der Waals surface area contributed by atoms with Crippen molar-refractivity contribution in [2.24, 2.45) is 5.92 Å². The van der Waals surface area contributed by atoms with Crippen LogP contribution in [0.4, 0.5) is 0 Å². The van der Waals surface area contributed by atoms with E-state index < -0.39 is 6.10 Å². The molecule has 1 aliphatic carbocycles. The second kappa shape index (κ2) is 5.78. The Morgan fingerprint density at radius 2 is 1.94 bits per heavy atom. The molecule has 3 nitrogen and oxygen atoms in total. The van der Waals surface area contributed by atoms with Crippen LogP contribution < -0.4 is 0 Å². The summed E-state index contributed by atoms with van der Waals surface area (Å²) in [6.07, 6.45) is 8.45. The summed E-state index contributed by atoms with van der Waals surface area (Å²) < 4.78 is 0. The highest BCUT2D eigenvalue weighted by Gasteiger charge is 2.24. The molecule has 0 spiro atoms. The minimum Gasteiger partial charge on any atom is -0.388 e. The molecule has 1 heterocycles. The van der Waals surface area contributed by atoms with Gasteiger partial charge in [-0.15, -0.1) is 0 Å². The summed E-state index contributed by atoms with van der Waals surface area (Å²) in [5, 5.41) is 10.7. The number of aromatic nitrogens is 2. The summed E-state index contributed by atoms with van der Waals surface area (Å²) in [6.45, 7) is 1.88. The van der Waals surface area contributed by atoms with Gasteiger partial charge in [-0.05, 0) is 37.3 Å². The van der Waals surface area contributed by atoms with Crippen LogP contribution in [-0.4, -0.2) is 15.1 Å². The molecule has 2 rings (SSSR count). The summed E-state index contributed by atoms with van der Waals surface area (Å²) in [7, 11) is 0. The predicted molar refractivity (Wildman–Crippen MR) is 67.9 cm³/mol. The highest BCUT2D eigenvalue weighted by molar-refractivity contribution is 6.28. The Balaban J connectivity index is 2.14. The van der Waals surface area contributed by atoms with Crippen molar-refractivity contribution in [3.8, 4) is 0 Å². The maximum atomic E-state index is 10.4. The average Bonchev–Trinajstić information content (AvgIpc) is 2.56. The third-order valence-corrected chi connectivity index (χ3v) is 3.84. The van der Waals surface area contributed by atoms with E-state index in [1.807, 2.05) is 6.92 Å². The van der Waals surface area contributed by atoms with Gasteiger partial charge < -0.3 is 5.11 Å². The lowest BCUT2D eigenvalue weighted by molar-refractivity contribution is 0.0974.